The largest absolute Gasteiger partial charge is 0.372 e. The summed E-state index contributed by atoms with van der Waals surface area (Å²) in [6.07, 6.45) is 3.60. The maximum absolute atomic E-state index is 4.35. The van der Waals surface area contributed by atoms with E-state index in [1.165, 1.54) is 0 Å². The summed E-state index contributed by atoms with van der Waals surface area (Å²) in [5, 5.41) is 2.96. The number of nitrogens with zero attached hydrogens (tertiary/aromatic N) is 3. The Kier molecular flexibility index (Phi) is 4.49. The van der Waals surface area contributed by atoms with Gasteiger partial charge < -0.3 is 5.32 Å². The standard InChI is InChI=1S/C11H20N4/c1-5-15(9(2)3)8-10-6-14-11(12-4)7-13-10/h6-7,9H,5,8H2,1-4H3,(H,12,14). The van der Waals surface area contributed by atoms with Gasteiger partial charge in [0.2, 0.25) is 0 Å². The number of hydrogen-bond donors (Lipinski definition) is 1. The number of nitrogens with one attached hydrogen (secondary N) is 1. The van der Waals surface area contributed by atoms with E-state index in [0.717, 1.165) is 24.6 Å². The van der Waals surface area contributed by atoms with Crippen LogP contribution in [0.15, 0.2) is 12.4 Å². The first-order chi connectivity index (χ1) is 7.17. The quantitative estimate of drug-likeness (QED) is 0.800. The first-order valence-corrected chi connectivity index (χ1v) is 5.40. The topological polar surface area (TPSA) is 41.1 Å². The Bertz CT molecular complexity index is 281. The zero-order valence-electron chi connectivity index (χ0n) is 9.99. The molecule has 0 fully saturated rings. The van der Waals surface area contributed by atoms with E-state index in [2.05, 4.69) is 41.0 Å². The van der Waals surface area contributed by atoms with Crippen LogP contribution in [0.25, 0.3) is 0 Å². The van der Waals surface area contributed by atoms with Gasteiger partial charge in [-0.15, -0.1) is 0 Å². The highest BCUT2D eigenvalue weighted by molar-refractivity contribution is 5.29. The van der Waals surface area contributed by atoms with Gasteiger partial charge in [0.25, 0.3) is 0 Å². The van der Waals surface area contributed by atoms with Crippen molar-refractivity contribution >= 4 is 5.82 Å². The molecule has 15 heavy (non-hydrogen) atoms. The Morgan fingerprint density at radius 1 is 1.33 bits per heavy atom. The predicted octanol–water partition coefficient (Wildman–Crippen LogP) is 1.75. The summed E-state index contributed by atoms with van der Waals surface area (Å²) in [5.41, 5.74) is 1.02. The molecule has 0 aliphatic carbocycles. The molecule has 1 rings (SSSR count). The molecule has 1 aromatic heterocycles. The molecule has 4 nitrogen and oxygen atoms in total. The first-order valence-electron chi connectivity index (χ1n) is 5.40. The van der Waals surface area contributed by atoms with Crippen molar-refractivity contribution in [3.8, 4) is 0 Å². The van der Waals surface area contributed by atoms with Crippen LogP contribution >= 0.6 is 0 Å². The maximum Gasteiger partial charge on any atom is 0.144 e. The Balaban J connectivity index is 2.63. The highest BCUT2D eigenvalue weighted by atomic mass is 15.1. The molecule has 0 bridgehead atoms. The van der Waals surface area contributed by atoms with Crippen LogP contribution in [0.3, 0.4) is 0 Å². The Hall–Kier alpha value is -1.16. The van der Waals surface area contributed by atoms with Crippen molar-refractivity contribution in [3.63, 3.8) is 0 Å². The van der Waals surface area contributed by atoms with E-state index in [-0.39, 0.29) is 0 Å². The van der Waals surface area contributed by atoms with Gasteiger partial charge in [0.05, 0.1) is 18.1 Å². The minimum absolute atomic E-state index is 0.542. The van der Waals surface area contributed by atoms with E-state index < -0.39 is 0 Å². The fraction of sp³-hybridized carbons (Fsp3) is 0.636. The smallest absolute Gasteiger partial charge is 0.144 e. The van der Waals surface area contributed by atoms with E-state index in [1.54, 1.807) is 6.20 Å². The number of anilines is 1. The summed E-state index contributed by atoms with van der Waals surface area (Å²) in [5.74, 6) is 0.811. The molecular weight excluding hydrogens is 188 g/mol. The van der Waals surface area contributed by atoms with Crippen molar-refractivity contribution in [2.24, 2.45) is 0 Å². The molecule has 1 aromatic rings. The van der Waals surface area contributed by atoms with E-state index in [9.17, 15) is 0 Å². The molecule has 0 amide bonds. The average molecular weight is 208 g/mol. The third-order valence-electron chi connectivity index (χ3n) is 2.46. The molecule has 1 N–H and O–H groups in total. The molecule has 0 atom stereocenters. The van der Waals surface area contributed by atoms with Gasteiger partial charge in [-0.25, -0.2) is 4.98 Å². The van der Waals surface area contributed by atoms with Gasteiger partial charge in [0.15, 0.2) is 0 Å². The van der Waals surface area contributed by atoms with Gasteiger partial charge in [0, 0.05) is 19.6 Å². The van der Waals surface area contributed by atoms with Crippen LogP contribution in [0.2, 0.25) is 0 Å². The predicted molar refractivity (Wildman–Crippen MR) is 62.8 cm³/mol. The summed E-state index contributed by atoms with van der Waals surface area (Å²) in [7, 11) is 1.84. The Labute approximate surface area is 91.7 Å². The summed E-state index contributed by atoms with van der Waals surface area (Å²) in [6, 6.07) is 0.542. The lowest BCUT2D eigenvalue weighted by Crippen LogP contribution is -2.30. The zero-order chi connectivity index (χ0) is 11.3. The average Bonchev–Trinajstić information content (AvgIpc) is 2.26. The molecule has 0 saturated carbocycles. The Morgan fingerprint density at radius 3 is 2.47 bits per heavy atom. The van der Waals surface area contributed by atoms with Crippen LogP contribution in [0, 0.1) is 0 Å². The van der Waals surface area contributed by atoms with Crippen LogP contribution in [0.4, 0.5) is 5.82 Å². The highest BCUT2D eigenvalue weighted by Gasteiger charge is 2.08. The van der Waals surface area contributed by atoms with Crippen molar-refractivity contribution in [3.05, 3.63) is 18.1 Å². The first kappa shape index (κ1) is 11.9. The van der Waals surface area contributed by atoms with Gasteiger partial charge >= 0.3 is 0 Å². The van der Waals surface area contributed by atoms with Gasteiger partial charge in [-0.1, -0.05) is 6.92 Å². The zero-order valence-corrected chi connectivity index (χ0v) is 9.99. The highest BCUT2D eigenvalue weighted by Crippen LogP contribution is 2.06. The lowest BCUT2D eigenvalue weighted by atomic mass is 10.3. The second-order valence-electron chi connectivity index (χ2n) is 3.80. The second-order valence-corrected chi connectivity index (χ2v) is 3.80. The second kappa shape index (κ2) is 5.66. The normalized spacial score (nSPS) is 11.1. The van der Waals surface area contributed by atoms with E-state index in [1.807, 2.05) is 13.2 Å². The fourth-order valence-corrected chi connectivity index (χ4v) is 1.43. The molecule has 4 heteroatoms. The van der Waals surface area contributed by atoms with Gasteiger partial charge in [-0.05, 0) is 20.4 Å². The lowest BCUT2D eigenvalue weighted by Gasteiger charge is -2.23. The van der Waals surface area contributed by atoms with Crippen LogP contribution in [-0.4, -0.2) is 34.5 Å². The molecule has 0 aromatic carbocycles. The molecule has 84 valence electrons. The third kappa shape index (κ3) is 3.47. The van der Waals surface area contributed by atoms with Crippen molar-refractivity contribution in [1.29, 1.82) is 0 Å². The monoisotopic (exact) mass is 208 g/mol. The van der Waals surface area contributed by atoms with E-state index >= 15 is 0 Å². The summed E-state index contributed by atoms with van der Waals surface area (Å²) in [6.45, 7) is 8.45. The van der Waals surface area contributed by atoms with Crippen molar-refractivity contribution in [1.82, 2.24) is 14.9 Å². The molecule has 1 heterocycles. The number of rotatable bonds is 5. The summed E-state index contributed by atoms with van der Waals surface area (Å²) >= 11 is 0. The number of hydrogen-bond acceptors (Lipinski definition) is 4. The van der Waals surface area contributed by atoms with E-state index in [0.29, 0.717) is 6.04 Å². The molecule has 0 radical (unpaired) electrons. The fourth-order valence-electron chi connectivity index (χ4n) is 1.43. The maximum atomic E-state index is 4.35. The third-order valence-corrected chi connectivity index (χ3v) is 2.46. The minimum Gasteiger partial charge on any atom is -0.372 e. The molecule has 0 aliphatic rings. The van der Waals surface area contributed by atoms with E-state index in [4.69, 9.17) is 0 Å². The van der Waals surface area contributed by atoms with Crippen LogP contribution in [-0.2, 0) is 6.54 Å². The molecule has 0 unspecified atom stereocenters. The molecule has 0 spiro atoms. The van der Waals surface area contributed by atoms with Gasteiger partial charge in [-0.2, -0.15) is 0 Å². The van der Waals surface area contributed by atoms with Crippen LogP contribution < -0.4 is 5.32 Å². The van der Waals surface area contributed by atoms with Crippen molar-refractivity contribution < 1.29 is 0 Å². The summed E-state index contributed by atoms with van der Waals surface area (Å²) < 4.78 is 0. The molecule has 0 aliphatic heterocycles. The lowest BCUT2D eigenvalue weighted by molar-refractivity contribution is 0.222. The van der Waals surface area contributed by atoms with Crippen molar-refractivity contribution in [2.45, 2.75) is 33.4 Å². The van der Waals surface area contributed by atoms with Crippen LogP contribution in [0.1, 0.15) is 26.5 Å². The molecule has 0 saturated heterocycles. The Morgan fingerprint density at radius 2 is 2.07 bits per heavy atom. The SMILES string of the molecule is CCN(Cc1cnc(NC)cn1)C(C)C. The van der Waals surface area contributed by atoms with Crippen LogP contribution in [0.5, 0.6) is 0 Å². The van der Waals surface area contributed by atoms with Crippen molar-refractivity contribution in [2.75, 3.05) is 18.9 Å². The molecular formula is C11H20N4. The number of aromatic nitrogens is 2. The van der Waals surface area contributed by atoms with Gasteiger partial charge in [-0.3, -0.25) is 9.88 Å². The summed E-state index contributed by atoms with van der Waals surface area (Å²) in [4.78, 5) is 10.9. The van der Waals surface area contributed by atoms with Gasteiger partial charge in [0.1, 0.15) is 5.82 Å². The minimum atomic E-state index is 0.542.